The first-order chi connectivity index (χ1) is 6.04. The lowest BCUT2D eigenvalue weighted by Crippen LogP contribution is -2.12. The second-order valence-electron chi connectivity index (χ2n) is 2.39. The van der Waals surface area contributed by atoms with E-state index >= 15 is 0 Å². The van der Waals surface area contributed by atoms with Gasteiger partial charge in [0.25, 0.3) is 0 Å². The first kappa shape index (κ1) is 11.6. The van der Waals surface area contributed by atoms with Crippen LogP contribution in [0.15, 0.2) is 11.1 Å². The molecule has 0 saturated heterocycles. The van der Waals surface area contributed by atoms with Gasteiger partial charge in [0.15, 0.2) is 0 Å². The summed E-state index contributed by atoms with van der Waals surface area (Å²) in [6.45, 7) is 1.20. The predicted octanol–water partition coefficient (Wildman–Crippen LogP) is 0.245. The zero-order valence-electron chi connectivity index (χ0n) is 7.28. The number of hydrogen-bond acceptors (Lipinski definition) is 3. The Kier molecular flexibility index (Phi) is 4.76. The highest BCUT2D eigenvalue weighted by atomic mass is 16.4. The van der Waals surface area contributed by atoms with E-state index in [1.807, 2.05) is 0 Å². The summed E-state index contributed by atoms with van der Waals surface area (Å²) in [6.07, 6.45) is 0.00176. The zero-order valence-corrected chi connectivity index (χ0v) is 7.28. The standard InChI is InChI=1S/C8H12O5/c1-2-5(7(10)11)6(3-4-9)8(12)13/h9H,2-4H2,1H3,(H,10,11)(H,12,13). The van der Waals surface area contributed by atoms with Gasteiger partial charge in [0.1, 0.15) is 0 Å². The molecular weight excluding hydrogens is 176 g/mol. The van der Waals surface area contributed by atoms with Crippen LogP contribution in [0.2, 0.25) is 0 Å². The molecule has 0 aromatic carbocycles. The number of carbonyl (C=O) groups is 2. The number of aliphatic hydroxyl groups excluding tert-OH is 1. The van der Waals surface area contributed by atoms with Crippen LogP contribution < -0.4 is 0 Å². The van der Waals surface area contributed by atoms with Crippen molar-refractivity contribution in [1.29, 1.82) is 0 Å². The number of aliphatic hydroxyl groups is 1. The summed E-state index contributed by atoms with van der Waals surface area (Å²) < 4.78 is 0. The van der Waals surface area contributed by atoms with Gasteiger partial charge in [-0.05, 0) is 6.42 Å². The lowest BCUT2D eigenvalue weighted by molar-refractivity contribution is -0.136. The molecule has 0 amide bonds. The number of carboxylic acids is 2. The number of carboxylic acid groups (broad SMARTS) is 2. The Balaban J connectivity index is 5.00. The first-order valence-electron chi connectivity index (χ1n) is 3.84. The molecule has 0 aliphatic rings. The van der Waals surface area contributed by atoms with Gasteiger partial charge in [-0.3, -0.25) is 0 Å². The van der Waals surface area contributed by atoms with Crippen LogP contribution >= 0.6 is 0 Å². The molecule has 3 N–H and O–H groups in total. The van der Waals surface area contributed by atoms with Gasteiger partial charge in [0, 0.05) is 24.2 Å². The molecule has 0 fully saturated rings. The average molecular weight is 188 g/mol. The maximum Gasteiger partial charge on any atom is 0.332 e. The molecule has 0 aromatic rings. The van der Waals surface area contributed by atoms with E-state index in [-0.39, 0.29) is 30.6 Å². The number of hydrogen-bond donors (Lipinski definition) is 3. The predicted molar refractivity (Wildman–Crippen MR) is 44.3 cm³/mol. The third-order valence-corrected chi connectivity index (χ3v) is 1.60. The smallest absolute Gasteiger partial charge is 0.332 e. The molecule has 0 heterocycles. The summed E-state index contributed by atoms with van der Waals surface area (Å²) in [5.74, 6) is -2.53. The minimum atomic E-state index is -1.28. The van der Waals surface area contributed by atoms with Gasteiger partial charge in [0.05, 0.1) is 0 Å². The fraction of sp³-hybridized carbons (Fsp3) is 0.500. The van der Waals surface area contributed by atoms with Crippen molar-refractivity contribution in [2.75, 3.05) is 6.61 Å². The van der Waals surface area contributed by atoms with Gasteiger partial charge in [-0.1, -0.05) is 6.92 Å². The molecule has 0 atom stereocenters. The van der Waals surface area contributed by atoms with E-state index < -0.39 is 11.9 Å². The molecule has 0 radical (unpaired) electrons. The fourth-order valence-electron chi connectivity index (χ4n) is 0.992. The third-order valence-electron chi connectivity index (χ3n) is 1.60. The van der Waals surface area contributed by atoms with Crippen molar-refractivity contribution in [2.45, 2.75) is 19.8 Å². The number of aliphatic carboxylic acids is 2. The second kappa shape index (κ2) is 5.31. The summed E-state index contributed by atoms with van der Waals surface area (Å²) in [5, 5.41) is 25.8. The minimum Gasteiger partial charge on any atom is -0.478 e. The van der Waals surface area contributed by atoms with Crippen LogP contribution in [0.4, 0.5) is 0 Å². The van der Waals surface area contributed by atoms with E-state index in [4.69, 9.17) is 15.3 Å². The Bertz CT molecular complexity index is 241. The highest BCUT2D eigenvalue weighted by molar-refractivity contribution is 5.98. The minimum absolute atomic E-state index is 0.134. The van der Waals surface area contributed by atoms with Crippen molar-refractivity contribution in [2.24, 2.45) is 0 Å². The molecule has 5 nitrogen and oxygen atoms in total. The first-order valence-corrected chi connectivity index (χ1v) is 3.84. The van der Waals surface area contributed by atoms with Gasteiger partial charge in [-0.2, -0.15) is 0 Å². The molecule has 0 unspecified atom stereocenters. The van der Waals surface area contributed by atoms with Gasteiger partial charge < -0.3 is 15.3 Å². The van der Waals surface area contributed by atoms with Crippen molar-refractivity contribution in [3.05, 3.63) is 11.1 Å². The Labute approximate surface area is 75.3 Å². The molecule has 74 valence electrons. The van der Waals surface area contributed by atoms with Gasteiger partial charge in [-0.15, -0.1) is 0 Å². The van der Waals surface area contributed by atoms with E-state index in [0.29, 0.717) is 0 Å². The highest BCUT2D eigenvalue weighted by Gasteiger charge is 2.17. The molecule has 0 aromatic heterocycles. The van der Waals surface area contributed by atoms with Crippen LogP contribution in [-0.2, 0) is 9.59 Å². The van der Waals surface area contributed by atoms with Crippen LogP contribution in [0.25, 0.3) is 0 Å². The summed E-state index contributed by atoms with van der Waals surface area (Å²) in [5.41, 5.74) is -0.376. The van der Waals surface area contributed by atoms with E-state index in [9.17, 15) is 9.59 Å². The van der Waals surface area contributed by atoms with Crippen LogP contribution in [0.3, 0.4) is 0 Å². The van der Waals surface area contributed by atoms with Crippen LogP contribution in [0.1, 0.15) is 19.8 Å². The third kappa shape index (κ3) is 3.25. The summed E-state index contributed by atoms with van der Waals surface area (Å²) >= 11 is 0. The largest absolute Gasteiger partial charge is 0.478 e. The summed E-state index contributed by atoms with van der Waals surface area (Å²) in [4.78, 5) is 21.1. The van der Waals surface area contributed by atoms with E-state index in [0.717, 1.165) is 0 Å². The molecule has 0 saturated carbocycles. The molecule has 0 aliphatic carbocycles. The SMILES string of the molecule is CCC(C(=O)O)=C(CCO)C(=O)O. The maximum absolute atomic E-state index is 10.6. The normalized spacial score (nSPS) is 12.2. The fourth-order valence-corrected chi connectivity index (χ4v) is 0.992. The maximum atomic E-state index is 10.6. The van der Waals surface area contributed by atoms with E-state index in [1.54, 1.807) is 6.92 Å². The van der Waals surface area contributed by atoms with E-state index in [1.165, 1.54) is 0 Å². The molecule has 0 rings (SSSR count). The highest BCUT2D eigenvalue weighted by Crippen LogP contribution is 2.12. The molecule has 5 heteroatoms. The Morgan fingerprint density at radius 1 is 1.08 bits per heavy atom. The molecule has 13 heavy (non-hydrogen) atoms. The molecule has 0 spiro atoms. The van der Waals surface area contributed by atoms with Gasteiger partial charge in [0.2, 0.25) is 0 Å². The monoisotopic (exact) mass is 188 g/mol. The quantitative estimate of drug-likeness (QED) is 0.537. The zero-order chi connectivity index (χ0) is 10.4. The topological polar surface area (TPSA) is 94.8 Å². The van der Waals surface area contributed by atoms with Gasteiger partial charge in [-0.25, -0.2) is 9.59 Å². The Morgan fingerprint density at radius 3 is 1.77 bits per heavy atom. The molecule has 0 aliphatic heterocycles. The van der Waals surface area contributed by atoms with Crippen molar-refractivity contribution in [3.63, 3.8) is 0 Å². The van der Waals surface area contributed by atoms with Crippen LogP contribution in [0, 0.1) is 0 Å². The molecular formula is C8H12O5. The molecule has 0 bridgehead atoms. The second-order valence-corrected chi connectivity index (χ2v) is 2.39. The Hall–Kier alpha value is -1.36. The van der Waals surface area contributed by atoms with Crippen molar-refractivity contribution in [1.82, 2.24) is 0 Å². The number of rotatable bonds is 5. The summed E-state index contributed by atoms with van der Waals surface area (Å²) in [6, 6.07) is 0. The van der Waals surface area contributed by atoms with E-state index in [2.05, 4.69) is 0 Å². The average Bonchev–Trinajstić information content (AvgIpc) is 2.03. The van der Waals surface area contributed by atoms with Crippen molar-refractivity contribution < 1.29 is 24.9 Å². The van der Waals surface area contributed by atoms with Gasteiger partial charge >= 0.3 is 11.9 Å². The summed E-state index contributed by atoms with van der Waals surface area (Å²) in [7, 11) is 0. The lowest BCUT2D eigenvalue weighted by Gasteiger charge is -2.04. The Morgan fingerprint density at radius 2 is 1.54 bits per heavy atom. The van der Waals surface area contributed by atoms with Crippen LogP contribution in [-0.4, -0.2) is 33.9 Å². The van der Waals surface area contributed by atoms with Crippen LogP contribution in [0.5, 0.6) is 0 Å². The van der Waals surface area contributed by atoms with Crippen molar-refractivity contribution in [3.8, 4) is 0 Å². The van der Waals surface area contributed by atoms with Crippen molar-refractivity contribution >= 4 is 11.9 Å². The lowest BCUT2D eigenvalue weighted by atomic mass is 10.0.